The fourth-order valence-electron chi connectivity index (χ4n) is 1.35. The Morgan fingerprint density at radius 2 is 2.31 bits per heavy atom. The molecule has 1 saturated carbocycles. The number of aromatic nitrogens is 2. The third-order valence-corrected chi connectivity index (χ3v) is 3.48. The van der Waals surface area contributed by atoms with Gasteiger partial charge in [-0.05, 0) is 41.9 Å². The molecular weight excluding hydrogens is 281 g/mol. The Hall–Kier alpha value is -0.590. The monoisotopic (exact) mass is 291 g/mol. The predicted molar refractivity (Wildman–Crippen MR) is 58.5 cm³/mol. The van der Waals surface area contributed by atoms with Crippen molar-refractivity contribution < 1.29 is 0 Å². The number of nitrogens with two attached hydrogens (primary N) is 1. The highest BCUT2D eigenvalue weighted by Crippen LogP contribution is 2.29. The average molecular weight is 291 g/mol. The van der Waals surface area contributed by atoms with Gasteiger partial charge in [-0.2, -0.15) is 5.10 Å². The molecule has 1 aliphatic carbocycles. The molecule has 2 rings (SSSR count). The number of rotatable bonds is 1. The van der Waals surface area contributed by atoms with Crippen molar-refractivity contribution in [2.75, 3.05) is 5.73 Å². The van der Waals surface area contributed by atoms with Gasteiger partial charge >= 0.3 is 0 Å². The van der Waals surface area contributed by atoms with E-state index in [1.807, 2.05) is 22.6 Å². The maximum atomic E-state index is 11.6. The van der Waals surface area contributed by atoms with Crippen LogP contribution in [0.4, 0.5) is 5.69 Å². The lowest BCUT2D eigenvalue weighted by atomic mass is 9.93. The third-order valence-electron chi connectivity index (χ3n) is 2.39. The number of hydrogen-bond donors (Lipinski definition) is 1. The molecule has 0 aromatic carbocycles. The van der Waals surface area contributed by atoms with Crippen molar-refractivity contribution in [2.45, 2.75) is 25.3 Å². The Morgan fingerprint density at radius 3 is 2.85 bits per heavy atom. The second kappa shape index (κ2) is 3.28. The first kappa shape index (κ1) is 8.98. The topological polar surface area (TPSA) is 60.9 Å². The van der Waals surface area contributed by atoms with E-state index in [9.17, 15) is 4.79 Å². The van der Waals surface area contributed by atoms with Crippen molar-refractivity contribution in [1.29, 1.82) is 0 Å². The quantitative estimate of drug-likeness (QED) is 0.790. The van der Waals surface area contributed by atoms with Crippen molar-refractivity contribution in [2.24, 2.45) is 0 Å². The second-order valence-corrected chi connectivity index (χ2v) is 4.33. The summed E-state index contributed by atoms with van der Waals surface area (Å²) in [5, 5.41) is 4.04. The number of halogens is 1. The first-order valence-corrected chi connectivity index (χ1v) is 5.31. The Kier molecular flexibility index (Phi) is 2.27. The molecule has 0 aliphatic heterocycles. The molecule has 0 unspecified atom stereocenters. The van der Waals surface area contributed by atoms with Crippen LogP contribution in [0.1, 0.15) is 25.3 Å². The van der Waals surface area contributed by atoms with Crippen LogP contribution < -0.4 is 11.3 Å². The Morgan fingerprint density at radius 1 is 1.62 bits per heavy atom. The summed E-state index contributed by atoms with van der Waals surface area (Å²) in [6, 6.07) is 0.307. The third kappa shape index (κ3) is 1.45. The molecule has 0 spiro atoms. The van der Waals surface area contributed by atoms with E-state index in [0.29, 0.717) is 15.3 Å². The van der Waals surface area contributed by atoms with E-state index in [1.165, 1.54) is 6.42 Å². The van der Waals surface area contributed by atoms with Crippen LogP contribution in [0.2, 0.25) is 0 Å². The summed E-state index contributed by atoms with van der Waals surface area (Å²) in [6.45, 7) is 0. The molecule has 1 aromatic rings. The molecule has 2 N–H and O–H groups in total. The summed E-state index contributed by atoms with van der Waals surface area (Å²) in [5.41, 5.74) is 5.99. The lowest BCUT2D eigenvalue weighted by molar-refractivity contribution is 0.278. The molecule has 0 atom stereocenters. The SMILES string of the molecule is Nc1cnn(C2CCC2)c(=O)c1I. The van der Waals surface area contributed by atoms with Crippen molar-refractivity contribution in [3.8, 4) is 0 Å². The van der Waals surface area contributed by atoms with E-state index in [1.54, 1.807) is 10.9 Å². The Balaban J connectivity index is 2.47. The summed E-state index contributed by atoms with van der Waals surface area (Å²) in [7, 11) is 0. The number of hydrogen-bond acceptors (Lipinski definition) is 3. The van der Waals surface area contributed by atoms with Gasteiger partial charge in [0.1, 0.15) is 3.57 Å². The van der Waals surface area contributed by atoms with Gasteiger partial charge in [0.05, 0.1) is 17.9 Å². The molecule has 0 radical (unpaired) electrons. The van der Waals surface area contributed by atoms with Crippen LogP contribution in [0.15, 0.2) is 11.0 Å². The zero-order valence-corrected chi connectivity index (χ0v) is 9.19. The van der Waals surface area contributed by atoms with Gasteiger partial charge in [0, 0.05) is 0 Å². The van der Waals surface area contributed by atoms with Gasteiger partial charge in [0.15, 0.2) is 0 Å². The van der Waals surface area contributed by atoms with Crippen LogP contribution >= 0.6 is 22.6 Å². The van der Waals surface area contributed by atoms with Crippen LogP contribution in [-0.2, 0) is 0 Å². The molecule has 1 aliphatic rings. The van der Waals surface area contributed by atoms with Crippen molar-refractivity contribution in [3.63, 3.8) is 0 Å². The Bertz CT molecular complexity index is 383. The second-order valence-electron chi connectivity index (χ2n) is 3.25. The average Bonchev–Trinajstić information content (AvgIpc) is 2.03. The molecule has 5 heteroatoms. The number of nitrogens with zero attached hydrogens (tertiary/aromatic N) is 2. The Labute approximate surface area is 89.3 Å². The van der Waals surface area contributed by atoms with Crippen molar-refractivity contribution >= 4 is 28.3 Å². The molecular formula is C8H10IN3O. The van der Waals surface area contributed by atoms with Crippen molar-refractivity contribution in [3.05, 3.63) is 20.1 Å². The first-order chi connectivity index (χ1) is 6.20. The molecule has 1 heterocycles. The molecule has 0 amide bonds. The molecule has 1 aromatic heterocycles. The number of nitrogen functional groups attached to an aromatic ring is 1. The van der Waals surface area contributed by atoms with E-state index in [2.05, 4.69) is 5.10 Å². The van der Waals surface area contributed by atoms with E-state index in [0.717, 1.165) is 12.8 Å². The highest BCUT2D eigenvalue weighted by molar-refractivity contribution is 14.1. The highest BCUT2D eigenvalue weighted by atomic mass is 127. The minimum Gasteiger partial charge on any atom is -0.396 e. The fraction of sp³-hybridized carbons (Fsp3) is 0.500. The minimum absolute atomic E-state index is 0.0506. The summed E-state index contributed by atoms with van der Waals surface area (Å²) < 4.78 is 2.14. The maximum absolute atomic E-state index is 11.6. The van der Waals surface area contributed by atoms with E-state index in [-0.39, 0.29) is 5.56 Å². The largest absolute Gasteiger partial charge is 0.396 e. The highest BCUT2D eigenvalue weighted by Gasteiger charge is 2.22. The molecule has 0 saturated heterocycles. The van der Waals surface area contributed by atoms with Crippen LogP contribution in [0.3, 0.4) is 0 Å². The van der Waals surface area contributed by atoms with E-state index >= 15 is 0 Å². The van der Waals surface area contributed by atoms with Crippen LogP contribution in [0.5, 0.6) is 0 Å². The molecule has 70 valence electrons. The summed E-state index contributed by atoms with van der Waals surface area (Å²) in [5.74, 6) is 0. The van der Waals surface area contributed by atoms with E-state index < -0.39 is 0 Å². The lowest BCUT2D eigenvalue weighted by Crippen LogP contribution is -2.32. The standard InChI is InChI=1S/C8H10IN3O/c9-7-6(10)4-11-12(8(7)13)5-2-1-3-5/h4-5H,1-3,10H2. The van der Waals surface area contributed by atoms with Crippen LogP contribution in [0.25, 0.3) is 0 Å². The fourth-order valence-corrected chi connectivity index (χ4v) is 1.74. The lowest BCUT2D eigenvalue weighted by Gasteiger charge is -2.26. The van der Waals surface area contributed by atoms with Gasteiger partial charge in [-0.15, -0.1) is 0 Å². The molecule has 0 bridgehead atoms. The molecule has 13 heavy (non-hydrogen) atoms. The molecule has 4 nitrogen and oxygen atoms in total. The molecule has 1 fully saturated rings. The first-order valence-electron chi connectivity index (χ1n) is 4.23. The van der Waals surface area contributed by atoms with Gasteiger partial charge < -0.3 is 5.73 Å². The van der Waals surface area contributed by atoms with Crippen LogP contribution in [-0.4, -0.2) is 9.78 Å². The van der Waals surface area contributed by atoms with Gasteiger partial charge in [-0.3, -0.25) is 4.79 Å². The normalized spacial score (nSPS) is 17.0. The van der Waals surface area contributed by atoms with Crippen molar-refractivity contribution in [1.82, 2.24) is 9.78 Å². The van der Waals surface area contributed by atoms with Crippen LogP contribution in [0, 0.1) is 3.57 Å². The smallest absolute Gasteiger partial charge is 0.282 e. The minimum atomic E-state index is -0.0506. The van der Waals surface area contributed by atoms with E-state index in [4.69, 9.17) is 5.73 Å². The van der Waals surface area contributed by atoms with Gasteiger partial charge in [-0.25, -0.2) is 4.68 Å². The predicted octanol–water partition coefficient (Wildman–Crippen LogP) is 1.16. The van der Waals surface area contributed by atoms with Gasteiger partial charge in [0.2, 0.25) is 0 Å². The summed E-state index contributed by atoms with van der Waals surface area (Å²) in [6.07, 6.45) is 4.88. The maximum Gasteiger partial charge on any atom is 0.282 e. The zero-order valence-electron chi connectivity index (χ0n) is 7.03. The summed E-state index contributed by atoms with van der Waals surface area (Å²) >= 11 is 1.97. The number of anilines is 1. The van der Waals surface area contributed by atoms with Gasteiger partial charge in [0.25, 0.3) is 5.56 Å². The van der Waals surface area contributed by atoms with Gasteiger partial charge in [-0.1, -0.05) is 0 Å². The zero-order chi connectivity index (χ0) is 9.42. The summed E-state index contributed by atoms with van der Waals surface area (Å²) in [4.78, 5) is 11.6.